The lowest BCUT2D eigenvalue weighted by Crippen LogP contribution is -2.13. The van der Waals surface area contributed by atoms with Crippen LogP contribution in [0.1, 0.15) is 16.7 Å². The van der Waals surface area contributed by atoms with Crippen molar-refractivity contribution in [1.82, 2.24) is 5.32 Å². The van der Waals surface area contributed by atoms with Gasteiger partial charge in [0.25, 0.3) is 0 Å². The lowest BCUT2D eigenvalue weighted by atomic mass is 10.1. The smallest absolute Gasteiger partial charge is 0.163 e. The van der Waals surface area contributed by atoms with Crippen LogP contribution in [0.15, 0.2) is 66.7 Å². The molecule has 0 heterocycles. The maximum Gasteiger partial charge on any atom is 0.163 e. The van der Waals surface area contributed by atoms with Gasteiger partial charge in [-0.25, -0.2) is 4.39 Å². The molecule has 140 valence electrons. The summed E-state index contributed by atoms with van der Waals surface area (Å²) < 4.78 is 24.3. The van der Waals surface area contributed by atoms with E-state index in [-0.39, 0.29) is 5.82 Å². The molecule has 0 atom stereocenters. The molecule has 0 radical (unpaired) electrons. The number of rotatable bonds is 8. The van der Waals surface area contributed by atoms with E-state index in [0.717, 1.165) is 16.7 Å². The SMILES string of the molecule is COc1cc(CNCc2ccc(F)cc2)c(Cl)cc1OCc1ccccc1. The Hall–Kier alpha value is -2.56. The molecule has 5 heteroatoms. The summed E-state index contributed by atoms with van der Waals surface area (Å²) in [6.45, 7) is 1.62. The Labute approximate surface area is 163 Å². The molecule has 0 aliphatic carbocycles. The molecule has 3 nitrogen and oxygen atoms in total. The van der Waals surface area contributed by atoms with E-state index in [4.69, 9.17) is 21.1 Å². The van der Waals surface area contributed by atoms with Gasteiger partial charge in [0.1, 0.15) is 12.4 Å². The molecule has 3 aromatic rings. The average Bonchev–Trinajstić information content (AvgIpc) is 2.70. The molecule has 0 bridgehead atoms. The summed E-state index contributed by atoms with van der Waals surface area (Å²) in [5, 5.41) is 3.91. The number of nitrogens with one attached hydrogen (secondary N) is 1. The van der Waals surface area contributed by atoms with Crippen molar-refractivity contribution in [2.24, 2.45) is 0 Å². The zero-order valence-electron chi connectivity index (χ0n) is 15.0. The van der Waals surface area contributed by atoms with Crippen LogP contribution in [-0.2, 0) is 19.7 Å². The molecule has 0 fully saturated rings. The van der Waals surface area contributed by atoms with Gasteiger partial charge in [-0.05, 0) is 34.9 Å². The minimum absolute atomic E-state index is 0.238. The number of ether oxygens (including phenoxy) is 2. The third-order valence-corrected chi connectivity index (χ3v) is 4.48. The van der Waals surface area contributed by atoms with E-state index < -0.39 is 0 Å². The van der Waals surface area contributed by atoms with Crippen molar-refractivity contribution >= 4 is 11.6 Å². The predicted octanol–water partition coefficient (Wildman–Crippen LogP) is 5.36. The molecule has 0 aliphatic heterocycles. The number of benzene rings is 3. The highest BCUT2D eigenvalue weighted by Crippen LogP contribution is 2.34. The molecule has 1 N–H and O–H groups in total. The average molecular weight is 386 g/mol. The van der Waals surface area contributed by atoms with Crippen LogP contribution in [0.4, 0.5) is 4.39 Å². The van der Waals surface area contributed by atoms with Crippen molar-refractivity contribution in [3.8, 4) is 11.5 Å². The highest BCUT2D eigenvalue weighted by molar-refractivity contribution is 6.31. The Balaban J connectivity index is 1.63. The summed E-state index contributed by atoms with van der Waals surface area (Å²) in [7, 11) is 1.61. The van der Waals surface area contributed by atoms with Gasteiger partial charge in [0, 0.05) is 24.2 Å². The van der Waals surface area contributed by atoms with Gasteiger partial charge in [-0.2, -0.15) is 0 Å². The monoisotopic (exact) mass is 385 g/mol. The highest BCUT2D eigenvalue weighted by atomic mass is 35.5. The van der Waals surface area contributed by atoms with Crippen LogP contribution in [-0.4, -0.2) is 7.11 Å². The molecule has 0 saturated carbocycles. The van der Waals surface area contributed by atoms with E-state index in [0.29, 0.717) is 36.2 Å². The van der Waals surface area contributed by atoms with Gasteiger partial charge in [-0.3, -0.25) is 0 Å². The first kappa shape index (κ1) is 19.2. The zero-order chi connectivity index (χ0) is 19.1. The topological polar surface area (TPSA) is 30.5 Å². The van der Waals surface area contributed by atoms with Crippen molar-refractivity contribution < 1.29 is 13.9 Å². The van der Waals surface area contributed by atoms with Crippen LogP contribution in [0.2, 0.25) is 5.02 Å². The van der Waals surface area contributed by atoms with Gasteiger partial charge in [-0.15, -0.1) is 0 Å². The molecule has 3 aromatic carbocycles. The van der Waals surface area contributed by atoms with E-state index >= 15 is 0 Å². The number of hydrogen-bond donors (Lipinski definition) is 1. The van der Waals surface area contributed by atoms with Gasteiger partial charge in [-0.1, -0.05) is 54.1 Å². The van der Waals surface area contributed by atoms with E-state index in [9.17, 15) is 4.39 Å². The molecule has 0 unspecified atom stereocenters. The Morgan fingerprint density at radius 1 is 0.889 bits per heavy atom. The molecular formula is C22H21ClFNO2. The summed E-state index contributed by atoms with van der Waals surface area (Å²) in [5.41, 5.74) is 2.98. The molecule has 0 saturated heterocycles. The first-order chi connectivity index (χ1) is 13.2. The standard InChI is InChI=1S/C22H21ClFNO2/c1-26-21-11-18(14-25-13-16-7-9-19(24)10-8-16)20(23)12-22(21)27-15-17-5-3-2-4-6-17/h2-12,25H,13-15H2,1H3. The van der Waals surface area contributed by atoms with Crippen molar-refractivity contribution in [3.05, 3.63) is 94.3 Å². The minimum Gasteiger partial charge on any atom is -0.493 e. The Bertz CT molecular complexity index is 869. The van der Waals surface area contributed by atoms with Crippen molar-refractivity contribution in [3.63, 3.8) is 0 Å². The van der Waals surface area contributed by atoms with Gasteiger partial charge in [0.05, 0.1) is 7.11 Å². The van der Waals surface area contributed by atoms with Gasteiger partial charge >= 0.3 is 0 Å². The second-order valence-corrected chi connectivity index (χ2v) is 6.51. The van der Waals surface area contributed by atoms with Crippen LogP contribution in [0.5, 0.6) is 11.5 Å². The third-order valence-electron chi connectivity index (χ3n) is 4.13. The van der Waals surface area contributed by atoms with Crippen LogP contribution in [0.3, 0.4) is 0 Å². The number of methoxy groups -OCH3 is 1. The number of hydrogen-bond acceptors (Lipinski definition) is 3. The van der Waals surface area contributed by atoms with Gasteiger partial charge in [0.2, 0.25) is 0 Å². The molecule has 0 aliphatic rings. The first-order valence-electron chi connectivity index (χ1n) is 8.64. The summed E-state index contributed by atoms with van der Waals surface area (Å²) >= 11 is 6.42. The minimum atomic E-state index is -0.238. The van der Waals surface area contributed by atoms with E-state index in [1.165, 1.54) is 12.1 Å². The molecule has 3 rings (SSSR count). The van der Waals surface area contributed by atoms with Crippen molar-refractivity contribution in [1.29, 1.82) is 0 Å². The Morgan fingerprint density at radius 2 is 1.63 bits per heavy atom. The number of halogens is 2. The van der Waals surface area contributed by atoms with E-state index in [1.54, 1.807) is 25.3 Å². The van der Waals surface area contributed by atoms with Crippen LogP contribution in [0, 0.1) is 5.82 Å². The molecule has 0 spiro atoms. The summed E-state index contributed by atoms with van der Waals surface area (Å²) in [6, 6.07) is 20.0. The van der Waals surface area contributed by atoms with Crippen LogP contribution in [0.25, 0.3) is 0 Å². The molecular weight excluding hydrogens is 365 g/mol. The van der Waals surface area contributed by atoms with E-state index in [1.807, 2.05) is 36.4 Å². The summed E-state index contributed by atoms with van der Waals surface area (Å²) in [4.78, 5) is 0. The Morgan fingerprint density at radius 3 is 2.33 bits per heavy atom. The molecule has 0 aromatic heterocycles. The molecule has 0 amide bonds. The van der Waals surface area contributed by atoms with E-state index in [2.05, 4.69) is 5.32 Å². The second-order valence-electron chi connectivity index (χ2n) is 6.10. The fourth-order valence-electron chi connectivity index (χ4n) is 2.66. The van der Waals surface area contributed by atoms with Crippen molar-refractivity contribution in [2.45, 2.75) is 19.7 Å². The quantitative estimate of drug-likeness (QED) is 0.566. The molecule has 27 heavy (non-hydrogen) atoms. The third kappa shape index (κ3) is 5.46. The largest absolute Gasteiger partial charge is 0.493 e. The van der Waals surface area contributed by atoms with Gasteiger partial charge in [0.15, 0.2) is 11.5 Å². The summed E-state index contributed by atoms with van der Waals surface area (Å²) in [6.07, 6.45) is 0. The highest BCUT2D eigenvalue weighted by Gasteiger charge is 2.11. The van der Waals surface area contributed by atoms with Crippen LogP contribution >= 0.6 is 11.6 Å². The maximum atomic E-state index is 13.0. The predicted molar refractivity (Wildman–Crippen MR) is 106 cm³/mol. The summed E-state index contributed by atoms with van der Waals surface area (Å²) in [5.74, 6) is 1.00. The van der Waals surface area contributed by atoms with Crippen LogP contribution < -0.4 is 14.8 Å². The van der Waals surface area contributed by atoms with Crippen molar-refractivity contribution in [2.75, 3.05) is 7.11 Å². The Kier molecular flexibility index (Phi) is 6.69. The van der Waals surface area contributed by atoms with Gasteiger partial charge < -0.3 is 14.8 Å². The zero-order valence-corrected chi connectivity index (χ0v) is 15.8. The fraction of sp³-hybridized carbons (Fsp3) is 0.182. The first-order valence-corrected chi connectivity index (χ1v) is 9.02. The fourth-order valence-corrected chi connectivity index (χ4v) is 2.88. The second kappa shape index (κ2) is 9.40. The lowest BCUT2D eigenvalue weighted by Gasteiger charge is -2.14. The normalized spacial score (nSPS) is 10.6. The maximum absolute atomic E-state index is 13.0. The lowest BCUT2D eigenvalue weighted by molar-refractivity contribution is 0.284.